The van der Waals surface area contributed by atoms with Gasteiger partial charge in [0.05, 0.1) is 11.8 Å². The quantitative estimate of drug-likeness (QED) is 0.475. The van der Waals surface area contributed by atoms with Gasteiger partial charge in [-0.3, -0.25) is 9.69 Å². The number of nitrogens with zero attached hydrogens (tertiary/aromatic N) is 3. The monoisotopic (exact) mass is 429 g/mol. The van der Waals surface area contributed by atoms with Gasteiger partial charge in [-0.25, -0.2) is 4.98 Å². The molecule has 0 saturated carbocycles. The average molecular weight is 430 g/mol. The minimum atomic E-state index is -0.123. The van der Waals surface area contributed by atoms with Crippen molar-refractivity contribution in [1.82, 2.24) is 9.88 Å². The summed E-state index contributed by atoms with van der Waals surface area (Å²) in [5, 5.41) is 1.28. The van der Waals surface area contributed by atoms with Gasteiger partial charge < -0.3 is 9.64 Å². The van der Waals surface area contributed by atoms with Crippen LogP contribution in [0.5, 0.6) is 5.75 Å². The topological polar surface area (TPSA) is 45.7 Å². The second-order valence-corrected chi connectivity index (χ2v) is 8.22. The van der Waals surface area contributed by atoms with E-state index in [-0.39, 0.29) is 5.91 Å². The van der Waals surface area contributed by atoms with Gasteiger partial charge in [-0.2, -0.15) is 0 Å². The smallest absolute Gasteiger partial charge is 0.252 e. The highest BCUT2D eigenvalue weighted by Gasteiger charge is 2.19. The maximum Gasteiger partial charge on any atom is 0.252 e. The molecular weight excluding hydrogens is 406 g/mol. The fourth-order valence-electron chi connectivity index (χ4n) is 2.90. The summed E-state index contributed by atoms with van der Waals surface area (Å²) in [4.78, 5) is 21.6. The summed E-state index contributed by atoms with van der Waals surface area (Å²) in [6.07, 6.45) is 4.14. The molecule has 0 radical (unpaired) electrons. The van der Waals surface area contributed by atoms with Crippen molar-refractivity contribution in [1.29, 1.82) is 0 Å². The Morgan fingerprint density at radius 3 is 2.69 bits per heavy atom. The van der Waals surface area contributed by atoms with E-state index in [1.54, 1.807) is 30.2 Å². The maximum absolute atomic E-state index is 13.1. The fourth-order valence-corrected chi connectivity index (χ4v) is 4.11. The number of ether oxygens (including phenoxy) is 1. The Hall–Kier alpha value is -2.41. The van der Waals surface area contributed by atoms with Gasteiger partial charge in [0.1, 0.15) is 11.3 Å². The summed E-state index contributed by atoms with van der Waals surface area (Å²) in [6.45, 7) is 1.46. The van der Waals surface area contributed by atoms with E-state index in [4.69, 9.17) is 21.3 Å². The molecule has 1 aromatic heterocycles. The first-order chi connectivity index (χ1) is 14.0. The molecule has 3 rings (SSSR count). The van der Waals surface area contributed by atoms with Crippen LogP contribution in [0.2, 0.25) is 5.02 Å². The Balaban J connectivity index is 1.89. The molecule has 152 valence electrons. The molecule has 29 heavy (non-hydrogen) atoms. The number of amides is 1. The molecular formula is C22H24ClN3O2S. The third-order valence-electron chi connectivity index (χ3n) is 4.39. The first-order valence-electron chi connectivity index (χ1n) is 9.32. The van der Waals surface area contributed by atoms with Crippen molar-refractivity contribution in [3.8, 4) is 5.75 Å². The summed E-state index contributed by atoms with van der Waals surface area (Å²) in [7, 11) is 5.66. The molecule has 0 fully saturated rings. The average Bonchev–Trinajstić information content (AvgIpc) is 3.14. The van der Waals surface area contributed by atoms with Crippen molar-refractivity contribution in [2.24, 2.45) is 0 Å². The molecule has 0 aliphatic rings. The van der Waals surface area contributed by atoms with Crippen LogP contribution in [0.4, 0.5) is 5.13 Å². The molecule has 2 aromatic carbocycles. The van der Waals surface area contributed by atoms with Gasteiger partial charge >= 0.3 is 0 Å². The number of rotatable bonds is 8. The molecule has 0 unspecified atom stereocenters. The van der Waals surface area contributed by atoms with E-state index >= 15 is 0 Å². The molecule has 0 aliphatic heterocycles. The first-order valence-corrected chi connectivity index (χ1v) is 10.5. The lowest BCUT2D eigenvalue weighted by Gasteiger charge is -2.19. The van der Waals surface area contributed by atoms with Crippen LogP contribution >= 0.6 is 22.9 Å². The number of halogens is 1. The lowest BCUT2D eigenvalue weighted by molar-refractivity contribution is -0.114. The van der Waals surface area contributed by atoms with E-state index in [0.717, 1.165) is 28.7 Å². The summed E-state index contributed by atoms with van der Waals surface area (Å²) >= 11 is 7.69. The normalized spacial score (nSPS) is 11.5. The van der Waals surface area contributed by atoms with Crippen molar-refractivity contribution < 1.29 is 9.53 Å². The summed E-state index contributed by atoms with van der Waals surface area (Å²) in [6, 6.07) is 13.2. The minimum Gasteiger partial charge on any atom is -0.494 e. The molecule has 5 nitrogen and oxygen atoms in total. The highest BCUT2D eigenvalue weighted by molar-refractivity contribution is 7.22. The van der Waals surface area contributed by atoms with Crippen LogP contribution in [-0.4, -0.2) is 50.1 Å². The predicted molar refractivity (Wildman–Crippen MR) is 122 cm³/mol. The number of para-hydroxylation sites is 1. The second kappa shape index (κ2) is 9.87. The van der Waals surface area contributed by atoms with Crippen molar-refractivity contribution >= 4 is 50.3 Å². The number of carbonyl (C=O) groups excluding carboxylic acids is 1. The lowest BCUT2D eigenvalue weighted by atomic mass is 10.2. The summed E-state index contributed by atoms with van der Waals surface area (Å²) in [5.41, 5.74) is 1.58. The molecule has 3 aromatic rings. The standard InChI is InChI=1S/C22H24ClN3O2S/c1-25(2)14-7-15-26(20(27)13-12-16-8-4-5-9-17(16)23)22-24-21-18(28-3)10-6-11-19(21)29-22/h4-6,8-13H,7,14-15H2,1-3H3. The van der Waals surface area contributed by atoms with Gasteiger partial charge in [0, 0.05) is 17.6 Å². The molecule has 7 heteroatoms. The van der Waals surface area contributed by atoms with E-state index < -0.39 is 0 Å². The molecule has 0 atom stereocenters. The Labute approximate surface area is 180 Å². The zero-order chi connectivity index (χ0) is 20.8. The number of anilines is 1. The van der Waals surface area contributed by atoms with Crippen LogP contribution in [0.1, 0.15) is 12.0 Å². The SMILES string of the molecule is COc1cccc2sc(N(CCCN(C)C)C(=O)C=Cc3ccccc3Cl)nc12. The van der Waals surface area contributed by atoms with Crippen molar-refractivity contribution in [3.63, 3.8) is 0 Å². The van der Waals surface area contributed by atoms with Crippen LogP contribution in [0, 0.1) is 0 Å². The Bertz CT molecular complexity index is 1020. The Morgan fingerprint density at radius 1 is 1.17 bits per heavy atom. The fraction of sp³-hybridized carbons (Fsp3) is 0.273. The second-order valence-electron chi connectivity index (χ2n) is 6.81. The number of carbonyl (C=O) groups is 1. The summed E-state index contributed by atoms with van der Waals surface area (Å²) < 4.78 is 6.40. The lowest BCUT2D eigenvalue weighted by Crippen LogP contribution is -2.32. The molecule has 1 heterocycles. The van der Waals surface area contributed by atoms with Crippen LogP contribution in [0.3, 0.4) is 0 Å². The van der Waals surface area contributed by atoms with Gasteiger partial charge in [0.25, 0.3) is 5.91 Å². The zero-order valence-electron chi connectivity index (χ0n) is 16.8. The Morgan fingerprint density at radius 2 is 1.97 bits per heavy atom. The first kappa shape index (κ1) is 21.3. The molecule has 0 spiro atoms. The number of hydrogen-bond acceptors (Lipinski definition) is 5. The third-order valence-corrected chi connectivity index (χ3v) is 5.77. The third kappa shape index (κ3) is 5.35. The number of fused-ring (bicyclic) bond motifs is 1. The molecule has 0 aliphatic carbocycles. The van der Waals surface area contributed by atoms with Gasteiger partial charge in [-0.15, -0.1) is 0 Å². The highest BCUT2D eigenvalue weighted by Crippen LogP contribution is 2.34. The van der Waals surface area contributed by atoms with Crippen LogP contribution < -0.4 is 9.64 Å². The van der Waals surface area contributed by atoms with E-state index in [9.17, 15) is 4.79 Å². The van der Waals surface area contributed by atoms with Crippen LogP contribution in [0.15, 0.2) is 48.5 Å². The Kier molecular flexibility index (Phi) is 7.25. The van der Waals surface area contributed by atoms with Crippen LogP contribution in [-0.2, 0) is 4.79 Å². The molecule has 0 bridgehead atoms. The van der Waals surface area contributed by atoms with E-state index in [1.165, 1.54) is 11.3 Å². The van der Waals surface area contributed by atoms with E-state index in [1.807, 2.05) is 50.5 Å². The van der Waals surface area contributed by atoms with Crippen molar-refractivity contribution in [3.05, 3.63) is 59.1 Å². The van der Waals surface area contributed by atoms with Gasteiger partial charge in [0.15, 0.2) is 5.13 Å². The van der Waals surface area contributed by atoms with Gasteiger partial charge in [0.2, 0.25) is 0 Å². The summed E-state index contributed by atoms with van der Waals surface area (Å²) in [5.74, 6) is 0.582. The molecule has 0 N–H and O–H groups in total. The van der Waals surface area contributed by atoms with Gasteiger partial charge in [-0.1, -0.05) is 47.2 Å². The number of hydrogen-bond donors (Lipinski definition) is 0. The zero-order valence-corrected chi connectivity index (χ0v) is 18.3. The minimum absolute atomic E-state index is 0.123. The maximum atomic E-state index is 13.1. The van der Waals surface area contributed by atoms with Crippen molar-refractivity contribution in [2.75, 3.05) is 39.2 Å². The number of methoxy groups -OCH3 is 1. The van der Waals surface area contributed by atoms with Crippen LogP contribution in [0.25, 0.3) is 16.3 Å². The van der Waals surface area contributed by atoms with E-state index in [0.29, 0.717) is 22.4 Å². The number of benzene rings is 2. The largest absolute Gasteiger partial charge is 0.494 e. The number of aromatic nitrogens is 1. The predicted octanol–water partition coefficient (Wildman–Crippen LogP) is 4.96. The number of thiazole rings is 1. The highest BCUT2D eigenvalue weighted by atomic mass is 35.5. The van der Waals surface area contributed by atoms with Gasteiger partial charge in [-0.05, 0) is 56.9 Å². The molecule has 0 saturated heterocycles. The van der Waals surface area contributed by atoms with Crippen molar-refractivity contribution in [2.45, 2.75) is 6.42 Å². The van der Waals surface area contributed by atoms with E-state index in [2.05, 4.69) is 4.90 Å². The molecule has 1 amide bonds.